The van der Waals surface area contributed by atoms with Crippen LogP contribution in [0.5, 0.6) is 0 Å². The Labute approximate surface area is 120 Å². The van der Waals surface area contributed by atoms with Gasteiger partial charge in [-0.1, -0.05) is 27.2 Å². The van der Waals surface area contributed by atoms with Crippen molar-refractivity contribution in [3.8, 4) is 0 Å². The molecule has 0 aliphatic carbocycles. The van der Waals surface area contributed by atoms with Crippen LogP contribution in [0.15, 0.2) is 0 Å². The summed E-state index contributed by atoms with van der Waals surface area (Å²) in [5.41, 5.74) is 0. The summed E-state index contributed by atoms with van der Waals surface area (Å²) >= 11 is 2.00. The first-order valence-corrected chi connectivity index (χ1v) is 8.48. The van der Waals surface area contributed by atoms with Crippen LogP contribution < -0.4 is 5.32 Å². The molecule has 0 aromatic carbocycles. The van der Waals surface area contributed by atoms with Crippen LogP contribution >= 0.6 is 11.8 Å². The number of nitrogens with one attached hydrogen (secondary N) is 1. The number of hydrogen-bond donors (Lipinski definition) is 1. The topological polar surface area (TPSA) is 46.2 Å². The lowest BCUT2D eigenvalue weighted by Crippen LogP contribution is -2.34. The fraction of sp³-hybridized carbons (Fsp3) is 0.867. The zero-order chi connectivity index (χ0) is 14.0. The van der Waals surface area contributed by atoms with E-state index in [4.69, 9.17) is 0 Å². The standard InChI is InChI=1S/C15H25NO2S/c1-9(2)15(18)10(3)5-4-6-12-14-11(8-19-12)7-13(17)16-14/h9-12,14H,4-8H2,1-3H3,(H,16,17)/t10?,11-,12-,14-/m0/s1. The number of carbonyl (C=O) groups is 2. The predicted molar refractivity (Wildman–Crippen MR) is 79.1 cm³/mol. The largest absolute Gasteiger partial charge is 0.352 e. The SMILES string of the molecule is CC(C)C(=O)C(C)CCC[C@@H]1SC[C@@H]2CC(=O)N[C@@H]21. The number of fused-ring (bicyclic) bond motifs is 1. The number of Topliss-reactive ketones (excluding diaryl/α,β-unsaturated/α-hetero) is 1. The Balaban J connectivity index is 1.72. The van der Waals surface area contributed by atoms with Gasteiger partial charge < -0.3 is 5.32 Å². The van der Waals surface area contributed by atoms with E-state index >= 15 is 0 Å². The van der Waals surface area contributed by atoms with Crippen molar-refractivity contribution in [2.75, 3.05) is 5.75 Å². The summed E-state index contributed by atoms with van der Waals surface area (Å²) in [6, 6.07) is 0.397. The molecule has 4 atom stereocenters. The van der Waals surface area contributed by atoms with E-state index < -0.39 is 0 Å². The van der Waals surface area contributed by atoms with Crippen molar-refractivity contribution in [2.24, 2.45) is 17.8 Å². The minimum absolute atomic E-state index is 0.148. The molecule has 0 saturated carbocycles. The second-order valence-electron chi connectivity index (χ2n) is 6.32. The van der Waals surface area contributed by atoms with Crippen LogP contribution in [0.25, 0.3) is 0 Å². The molecule has 0 aromatic heterocycles. The molecule has 4 heteroatoms. The van der Waals surface area contributed by atoms with Gasteiger partial charge >= 0.3 is 0 Å². The van der Waals surface area contributed by atoms with E-state index in [1.165, 1.54) is 0 Å². The first-order valence-electron chi connectivity index (χ1n) is 7.43. The minimum atomic E-state index is 0.148. The third-order valence-electron chi connectivity index (χ3n) is 4.39. The molecular weight excluding hydrogens is 258 g/mol. The van der Waals surface area contributed by atoms with Crippen LogP contribution in [0.4, 0.5) is 0 Å². The van der Waals surface area contributed by atoms with Gasteiger partial charge in [-0.2, -0.15) is 11.8 Å². The highest BCUT2D eigenvalue weighted by Gasteiger charge is 2.42. The van der Waals surface area contributed by atoms with E-state index in [1.807, 2.05) is 32.5 Å². The number of thioether (sulfide) groups is 1. The Hall–Kier alpha value is -0.510. The predicted octanol–water partition coefficient (Wildman–Crippen LogP) is 2.64. The van der Waals surface area contributed by atoms with Crippen LogP contribution in [0, 0.1) is 17.8 Å². The van der Waals surface area contributed by atoms with Gasteiger partial charge in [0.2, 0.25) is 5.91 Å². The van der Waals surface area contributed by atoms with E-state index in [-0.39, 0.29) is 17.7 Å². The average molecular weight is 283 g/mol. The number of amides is 1. The van der Waals surface area contributed by atoms with Crippen molar-refractivity contribution in [3.63, 3.8) is 0 Å². The number of ketones is 1. The van der Waals surface area contributed by atoms with Gasteiger partial charge in [-0.3, -0.25) is 9.59 Å². The fourth-order valence-electron chi connectivity index (χ4n) is 3.24. The van der Waals surface area contributed by atoms with Gasteiger partial charge in [0.25, 0.3) is 0 Å². The molecule has 1 unspecified atom stereocenters. The molecule has 0 radical (unpaired) electrons. The lowest BCUT2D eigenvalue weighted by molar-refractivity contribution is -0.125. The third-order valence-corrected chi connectivity index (χ3v) is 5.97. The number of carbonyl (C=O) groups excluding carboxylic acids is 2. The van der Waals surface area contributed by atoms with Gasteiger partial charge in [-0.15, -0.1) is 0 Å². The van der Waals surface area contributed by atoms with E-state index in [0.29, 0.717) is 23.0 Å². The van der Waals surface area contributed by atoms with Crippen molar-refractivity contribution in [1.29, 1.82) is 0 Å². The summed E-state index contributed by atoms with van der Waals surface area (Å²) < 4.78 is 0. The molecule has 3 nitrogen and oxygen atoms in total. The Morgan fingerprint density at radius 3 is 2.84 bits per heavy atom. The van der Waals surface area contributed by atoms with Crippen molar-refractivity contribution in [2.45, 2.75) is 57.7 Å². The van der Waals surface area contributed by atoms with Gasteiger partial charge in [-0.05, 0) is 24.5 Å². The quantitative estimate of drug-likeness (QED) is 0.815. The van der Waals surface area contributed by atoms with Crippen molar-refractivity contribution >= 4 is 23.5 Å². The van der Waals surface area contributed by atoms with Gasteiger partial charge in [-0.25, -0.2) is 0 Å². The van der Waals surface area contributed by atoms with Crippen molar-refractivity contribution < 1.29 is 9.59 Å². The smallest absolute Gasteiger partial charge is 0.220 e. The summed E-state index contributed by atoms with van der Waals surface area (Å²) in [4.78, 5) is 23.2. The maximum absolute atomic E-state index is 11.8. The molecule has 0 bridgehead atoms. The fourth-order valence-corrected chi connectivity index (χ4v) is 4.89. The van der Waals surface area contributed by atoms with Crippen LogP contribution in [-0.4, -0.2) is 28.7 Å². The van der Waals surface area contributed by atoms with Crippen LogP contribution in [0.3, 0.4) is 0 Å². The third kappa shape index (κ3) is 3.53. The lowest BCUT2D eigenvalue weighted by atomic mass is 9.91. The maximum atomic E-state index is 11.8. The summed E-state index contributed by atoms with van der Waals surface area (Å²) in [5.74, 6) is 2.61. The summed E-state index contributed by atoms with van der Waals surface area (Å²) in [6.07, 6.45) is 3.92. The Kier molecular flexibility index (Phi) is 4.93. The monoisotopic (exact) mass is 283 g/mol. The van der Waals surface area contributed by atoms with Gasteiger partial charge in [0, 0.05) is 29.5 Å². The van der Waals surface area contributed by atoms with Crippen molar-refractivity contribution in [3.05, 3.63) is 0 Å². The second-order valence-corrected chi connectivity index (χ2v) is 7.59. The molecule has 2 saturated heterocycles. The highest BCUT2D eigenvalue weighted by molar-refractivity contribution is 8.00. The molecule has 1 amide bonds. The molecule has 2 aliphatic heterocycles. The number of hydrogen-bond acceptors (Lipinski definition) is 3. The van der Waals surface area contributed by atoms with Crippen LogP contribution in [-0.2, 0) is 9.59 Å². The molecule has 1 N–H and O–H groups in total. The molecule has 108 valence electrons. The Morgan fingerprint density at radius 2 is 2.16 bits per heavy atom. The van der Waals surface area contributed by atoms with Gasteiger partial charge in [0.05, 0.1) is 0 Å². The normalized spacial score (nSPS) is 31.4. The highest BCUT2D eigenvalue weighted by Crippen LogP contribution is 2.39. The molecule has 2 heterocycles. The average Bonchev–Trinajstić information content (AvgIpc) is 2.88. The molecule has 19 heavy (non-hydrogen) atoms. The summed E-state index contributed by atoms with van der Waals surface area (Å²) in [6.45, 7) is 6.00. The first-order chi connectivity index (χ1) is 8.99. The first kappa shape index (κ1) is 14.9. The molecule has 2 rings (SSSR count). The molecular formula is C15H25NO2S. The van der Waals surface area contributed by atoms with Gasteiger partial charge in [0.15, 0.2) is 0 Å². The van der Waals surface area contributed by atoms with E-state index in [0.717, 1.165) is 31.4 Å². The zero-order valence-corrected chi connectivity index (χ0v) is 13.0. The summed E-state index contributed by atoms with van der Waals surface area (Å²) in [5, 5.41) is 3.69. The second kappa shape index (κ2) is 6.29. The minimum Gasteiger partial charge on any atom is -0.352 e. The lowest BCUT2D eigenvalue weighted by Gasteiger charge is -2.19. The maximum Gasteiger partial charge on any atom is 0.220 e. The van der Waals surface area contributed by atoms with E-state index in [1.54, 1.807) is 0 Å². The van der Waals surface area contributed by atoms with Crippen LogP contribution in [0.2, 0.25) is 0 Å². The van der Waals surface area contributed by atoms with E-state index in [2.05, 4.69) is 5.32 Å². The van der Waals surface area contributed by atoms with Gasteiger partial charge in [0.1, 0.15) is 5.78 Å². The van der Waals surface area contributed by atoms with Crippen molar-refractivity contribution in [1.82, 2.24) is 5.32 Å². The molecule has 0 spiro atoms. The number of rotatable bonds is 6. The zero-order valence-electron chi connectivity index (χ0n) is 12.1. The molecule has 2 fully saturated rings. The molecule has 0 aromatic rings. The van der Waals surface area contributed by atoms with E-state index in [9.17, 15) is 9.59 Å². The molecule has 2 aliphatic rings. The highest BCUT2D eigenvalue weighted by atomic mass is 32.2. The van der Waals surface area contributed by atoms with Crippen LogP contribution in [0.1, 0.15) is 46.5 Å². The summed E-state index contributed by atoms with van der Waals surface area (Å²) in [7, 11) is 0. The Morgan fingerprint density at radius 1 is 1.42 bits per heavy atom. The Bertz CT molecular complexity index is 356.